The van der Waals surface area contributed by atoms with E-state index in [4.69, 9.17) is 0 Å². The molecule has 0 aliphatic rings. The second-order valence-corrected chi connectivity index (χ2v) is 8.23. The van der Waals surface area contributed by atoms with E-state index < -0.39 is 0 Å². The van der Waals surface area contributed by atoms with Crippen LogP contribution in [0.5, 0.6) is 0 Å². The maximum absolute atomic E-state index is 2.30. The highest BCUT2D eigenvalue weighted by atomic mass is 15.1. The summed E-state index contributed by atoms with van der Waals surface area (Å²) in [5.74, 6) is 0. The summed E-state index contributed by atoms with van der Waals surface area (Å²) >= 11 is 0. The minimum absolute atomic E-state index is 1.14. The summed E-state index contributed by atoms with van der Waals surface area (Å²) in [7, 11) is 0. The molecule has 0 spiro atoms. The van der Waals surface area contributed by atoms with E-state index in [2.05, 4.69) is 147 Å². The van der Waals surface area contributed by atoms with Gasteiger partial charge in [0.1, 0.15) is 0 Å². The minimum Gasteiger partial charge on any atom is -0.311 e. The molecule has 0 amide bonds. The van der Waals surface area contributed by atoms with Gasteiger partial charge in [0.2, 0.25) is 0 Å². The molecule has 1 nitrogen and oxygen atoms in total. The molecule has 0 bridgehead atoms. The Kier molecular flexibility index (Phi) is 6.67. The van der Waals surface area contributed by atoms with Crippen LogP contribution in [0.1, 0.15) is 27.8 Å². The van der Waals surface area contributed by atoms with Crippen molar-refractivity contribution >= 4 is 29.2 Å². The van der Waals surface area contributed by atoms with Crippen LogP contribution in [-0.4, -0.2) is 0 Å². The molecule has 0 atom stereocenters. The topological polar surface area (TPSA) is 3.24 Å². The molecule has 4 aromatic carbocycles. The van der Waals surface area contributed by atoms with Gasteiger partial charge in [0.05, 0.1) is 0 Å². The van der Waals surface area contributed by atoms with Crippen LogP contribution in [0.2, 0.25) is 0 Å². The number of nitrogens with zero attached hydrogens (tertiary/aromatic N) is 1. The molecule has 0 saturated carbocycles. The standard InChI is InChI=1S/C31H29N/c1-24-8-14-27(15-9-24)6-4-5-7-28-16-22-31(23-17-28)32(29-18-10-25(2)11-19-29)30-20-12-26(3)13-21-30/h4-23H,1-3H3/b6-4+,7-5+. The molecule has 0 radical (unpaired) electrons. The Morgan fingerprint density at radius 2 is 0.688 bits per heavy atom. The van der Waals surface area contributed by atoms with Crippen LogP contribution in [0.25, 0.3) is 12.2 Å². The van der Waals surface area contributed by atoms with E-state index in [-0.39, 0.29) is 0 Å². The third kappa shape index (κ3) is 5.44. The number of allylic oxidation sites excluding steroid dienone is 2. The van der Waals surface area contributed by atoms with Gasteiger partial charge in [-0.3, -0.25) is 0 Å². The maximum Gasteiger partial charge on any atom is 0.0462 e. The zero-order chi connectivity index (χ0) is 22.3. The highest BCUT2D eigenvalue weighted by molar-refractivity contribution is 5.77. The fourth-order valence-corrected chi connectivity index (χ4v) is 3.58. The van der Waals surface area contributed by atoms with Crippen molar-refractivity contribution in [1.82, 2.24) is 0 Å². The molecule has 4 rings (SSSR count). The third-order valence-electron chi connectivity index (χ3n) is 5.50. The number of benzene rings is 4. The molecule has 0 saturated heterocycles. The van der Waals surface area contributed by atoms with E-state index in [0.717, 1.165) is 17.1 Å². The Morgan fingerprint density at radius 1 is 0.406 bits per heavy atom. The second-order valence-electron chi connectivity index (χ2n) is 8.23. The molecule has 0 aromatic heterocycles. The quantitative estimate of drug-likeness (QED) is 0.284. The van der Waals surface area contributed by atoms with Crippen molar-refractivity contribution in [3.05, 3.63) is 137 Å². The Bertz CT molecular complexity index is 1150. The van der Waals surface area contributed by atoms with Crippen molar-refractivity contribution in [3.63, 3.8) is 0 Å². The Morgan fingerprint density at radius 3 is 1.06 bits per heavy atom. The summed E-state index contributed by atoms with van der Waals surface area (Å²) in [5, 5.41) is 0. The molecule has 0 fully saturated rings. The summed E-state index contributed by atoms with van der Waals surface area (Å²) in [4.78, 5) is 2.30. The fraction of sp³-hybridized carbons (Fsp3) is 0.0968. The van der Waals surface area contributed by atoms with Crippen molar-refractivity contribution in [3.8, 4) is 0 Å². The lowest BCUT2D eigenvalue weighted by Crippen LogP contribution is -2.09. The van der Waals surface area contributed by atoms with Crippen LogP contribution in [0, 0.1) is 20.8 Å². The first-order valence-corrected chi connectivity index (χ1v) is 11.0. The lowest BCUT2D eigenvalue weighted by Gasteiger charge is -2.25. The Hall–Kier alpha value is -3.84. The van der Waals surface area contributed by atoms with Gasteiger partial charge in [0.15, 0.2) is 0 Å². The Labute approximate surface area is 192 Å². The van der Waals surface area contributed by atoms with E-state index in [1.165, 1.54) is 27.8 Å². The van der Waals surface area contributed by atoms with Gasteiger partial charge >= 0.3 is 0 Å². The third-order valence-corrected chi connectivity index (χ3v) is 5.50. The minimum atomic E-state index is 1.14. The molecule has 0 N–H and O–H groups in total. The monoisotopic (exact) mass is 415 g/mol. The maximum atomic E-state index is 2.30. The van der Waals surface area contributed by atoms with Gasteiger partial charge in [-0.2, -0.15) is 0 Å². The lowest BCUT2D eigenvalue weighted by molar-refractivity contribution is 1.27. The van der Waals surface area contributed by atoms with Crippen LogP contribution in [0.4, 0.5) is 17.1 Å². The van der Waals surface area contributed by atoms with Gasteiger partial charge in [-0.1, -0.05) is 102 Å². The van der Waals surface area contributed by atoms with Gasteiger partial charge in [0, 0.05) is 17.1 Å². The molecule has 0 unspecified atom stereocenters. The molecule has 4 aromatic rings. The summed E-state index contributed by atoms with van der Waals surface area (Å²) in [6.45, 7) is 6.35. The highest BCUT2D eigenvalue weighted by Gasteiger charge is 2.11. The summed E-state index contributed by atoms with van der Waals surface area (Å²) in [6, 6.07) is 34.6. The first-order chi connectivity index (χ1) is 15.6. The van der Waals surface area contributed by atoms with Crippen LogP contribution in [-0.2, 0) is 0 Å². The van der Waals surface area contributed by atoms with E-state index in [1.807, 2.05) is 0 Å². The predicted octanol–water partition coefficient (Wildman–Crippen LogP) is 8.81. The average molecular weight is 416 g/mol. The Balaban J connectivity index is 1.55. The lowest BCUT2D eigenvalue weighted by atomic mass is 10.1. The number of anilines is 3. The molecule has 0 aliphatic carbocycles. The van der Waals surface area contributed by atoms with Crippen molar-refractivity contribution in [2.45, 2.75) is 20.8 Å². The second kappa shape index (κ2) is 9.98. The largest absolute Gasteiger partial charge is 0.311 e. The van der Waals surface area contributed by atoms with Gasteiger partial charge in [-0.05, 0) is 68.3 Å². The molecular weight excluding hydrogens is 386 g/mol. The molecule has 0 heterocycles. The van der Waals surface area contributed by atoms with E-state index >= 15 is 0 Å². The molecule has 1 heteroatoms. The smallest absolute Gasteiger partial charge is 0.0462 e. The zero-order valence-electron chi connectivity index (χ0n) is 19.0. The summed E-state index contributed by atoms with van der Waals surface area (Å²) in [6.07, 6.45) is 8.44. The van der Waals surface area contributed by atoms with E-state index in [0.29, 0.717) is 0 Å². The number of rotatable bonds is 6. The molecular formula is C31H29N. The molecule has 158 valence electrons. The molecule has 32 heavy (non-hydrogen) atoms. The first kappa shape index (κ1) is 21.4. The normalized spacial score (nSPS) is 11.3. The fourth-order valence-electron chi connectivity index (χ4n) is 3.58. The van der Waals surface area contributed by atoms with Gasteiger partial charge in [0.25, 0.3) is 0 Å². The van der Waals surface area contributed by atoms with E-state index in [9.17, 15) is 0 Å². The highest BCUT2D eigenvalue weighted by Crippen LogP contribution is 2.34. The average Bonchev–Trinajstić information content (AvgIpc) is 2.81. The number of aryl methyl sites for hydroxylation is 3. The van der Waals surface area contributed by atoms with Crippen LogP contribution < -0.4 is 4.90 Å². The van der Waals surface area contributed by atoms with Crippen molar-refractivity contribution in [2.75, 3.05) is 4.90 Å². The van der Waals surface area contributed by atoms with Crippen molar-refractivity contribution < 1.29 is 0 Å². The van der Waals surface area contributed by atoms with Crippen molar-refractivity contribution in [2.24, 2.45) is 0 Å². The zero-order valence-corrected chi connectivity index (χ0v) is 19.0. The first-order valence-electron chi connectivity index (χ1n) is 11.0. The van der Waals surface area contributed by atoms with Crippen LogP contribution in [0.3, 0.4) is 0 Å². The summed E-state index contributed by atoms with van der Waals surface area (Å²) in [5.41, 5.74) is 9.65. The summed E-state index contributed by atoms with van der Waals surface area (Å²) < 4.78 is 0. The van der Waals surface area contributed by atoms with E-state index in [1.54, 1.807) is 0 Å². The van der Waals surface area contributed by atoms with Gasteiger partial charge in [-0.25, -0.2) is 0 Å². The predicted molar refractivity (Wildman–Crippen MR) is 140 cm³/mol. The van der Waals surface area contributed by atoms with Crippen molar-refractivity contribution in [1.29, 1.82) is 0 Å². The molecule has 0 aliphatic heterocycles. The van der Waals surface area contributed by atoms with Crippen LogP contribution in [0.15, 0.2) is 109 Å². The van der Waals surface area contributed by atoms with Gasteiger partial charge in [-0.15, -0.1) is 0 Å². The SMILES string of the molecule is Cc1ccc(/C=C/C=C/c2ccc(N(c3ccc(C)cc3)c3ccc(C)cc3)cc2)cc1. The number of hydrogen-bond donors (Lipinski definition) is 0. The number of hydrogen-bond acceptors (Lipinski definition) is 1. The van der Waals surface area contributed by atoms with Gasteiger partial charge < -0.3 is 4.90 Å². The van der Waals surface area contributed by atoms with Crippen LogP contribution >= 0.6 is 0 Å².